The predicted octanol–water partition coefficient (Wildman–Crippen LogP) is 3.97. The molecule has 10 heteroatoms. The number of methoxy groups -OCH3 is 1. The highest BCUT2D eigenvalue weighted by Crippen LogP contribution is 2.26. The zero-order chi connectivity index (χ0) is 22.4. The second-order valence-electron chi connectivity index (χ2n) is 8.43. The number of nitrogens with one attached hydrogen (secondary N) is 1. The van der Waals surface area contributed by atoms with Gasteiger partial charge in [0.05, 0.1) is 13.2 Å². The number of esters is 1. The van der Waals surface area contributed by atoms with Crippen molar-refractivity contribution in [1.82, 2.24) is 14.9 Å². The van der Waals surface area contributed by atoms with Crippen LogP contribution in [0, 0.1) is 0 Å². The number of thioether (sulfide) groups is 1. The summed E-state index contributed by atoms with van der Waals surface area (Å²) in [6.45, 7) is 10.6. The number of aryl methyl sites for hydroxylation is 1. The summed E-state index contributed by atoms with van der Waals surface area (Å²) >= 11 is 0.852. The minimum Gasteiger partial charge on any atom is -0.469 e. The van der Waals surface area contributed by atoms with Crippen molar-refractivity contribution in [2.24, 2.45) is 7.05 Å². The number of aromatic nitrogens is 2. The van der Waals surface area contributed by atoms with Crippen LogP contribution in [-0.2, 0) is 26.1 Å². The van der Waals surface area contributed by atoms with Crippen LogP contribution in [0.3, 0.4) is 0 Å². The minimum atomic E-state index is -0.670. The van der Waals surface area contributed by atoms with Gasteiger partial charge in [-0.1, -0.05) is 0 Å². The molecule has 0 aromatic carbocycles. The van der Waals surface area contributed by atoms with Crippen LogP contribution < -0.4 is 5.32 Å². The number of hydrogen-bond acceptors (Lipinski definition) is 8. The van der Waals surface area contributed by atoms with Crippen molar-refractivity contribution in [1.29, 1.82) is 0 Å². The van der Waals surface area contributed by atoms with E-state index in [-0.39, 0.29) is 12.8 Å². The van der Waals surface area contributed by atoms with Crippen LogP contribution in [0.1, 0.15) is 66.3 Å². The van der Waals surface area contributed by atoms with E-state index < -0.39 is 34.6 Å². The molecule has 1 N–H and O–H groups in total. The third kappa shape index (κ3) is 9.69. The van der Waals surface area contributed by atoms with Crippen molar-refractivity contribution >= 4 is 29.1 Å². The van der Waals surface area contributed by atoms with Crippen LogP contribution in [0.2, 0.25) is 0 Å². The Labute approximate surface area is 175 Å². The lowest BCUT2D eigenvalue weighted by molar-refractivity contribution is -0.140. The van der Waals surface area contributed by atoms with Crippen LogP contribution in [0.15, 0.2) is 11.2 Å². The van der Waals surface area contributed by atoms with E-state index in [1.807, 2.05) is 0 Å². The Bertz CT molecular complexity index is 733. The average Bonchev–Trinajstić information content (AvgIpc) is 2.87. The summed E-state index contributed by atoms with van der Waals surface area (Å²) in [5, 5.41) is 2.68. The van der Waals surface area contributed by atoms with E-state index in [2.05, 4.69) is 15.0 Å². The quantitative estimate of drug-likeness (QED) is 0.411. The highest BCUT2D eigenvalue weighted by molar-refractivity contribution is 8.13. The van der Waals surface area contributed by atoms with E-state index >= 15 is 0 Å². The number of carbonyl (C=O) groups is 3. The molecule has 1 rings (SSSR count). The Morgan fingerprint density at radius 2 is 1.72 bits per heavy atom. The fourth-order valence-electron chi connectivity index (χ4n) is 2.26. The van der Waals surface area contributed by atoms with Gasteiger partial charge in [0.1, 0.15) is 22.1 Å². The molecule has 0 spiro atoms. The van der Waals surface area contributed by atoms with Gasteiger partial charge in [-0.25, -0.2) is 14.6 Å². The number of rotatable bonds is 6. The van der Waals surface area contributed by atoms with Crippen molar-refractivity contribution in [2.75, 3.05) is 7.11 Å². The molecule has 29 heavy (non-hydrogen) atoms. The number of amides is 1. The molecule has 1 aromatic rings. The Morgan fingerprint density at radius 1 is 1.14 bits per heavy atom. The summed E-state index contributed by atoms with van der Waals surface area (Å²) in [4.78, 5) is 40.3. The molecule has 0 bridgehead atoms. The first kappa shape index (κ1) is 24.8. The summed E-state index contributed by atoms with van der Waals surface area (Å²) in [5.41, 5.74) is -1.28. The maximum absolute atomic E-state index is 12.2. The van der Waals surface area contributed by atoms with Crippen LogP contribution >= 0.6 is 11.8 Å². The molecule has 1 heterocycles. The average molecular weight is 430 g/mol. The van der Waals surface area contributed by atoms with E-state index in [1.54, 1.807) is 59.4 Å². The topological polar surface area (TPSA) is 109 Å². The summed E-state index contributed by atoms with van der Waals surface area (Å²) in [7, 11) is 3.04. The first-order valence-corrected chi connectivity index (χ1v) is 10.0. The van der Waals surface area contributed by atoms with Crippen LogP contribution in [0.5, 0.6) is 0 Å². The van der Waals surface area contributed by atoms with Gasteiger partial charge in [0.15, 0.2) is 0 Å². The number of ether oxygens (including phenoxy) is 3. The Balaban J connectivity index is 2.99. The van der Waals surface area contributed by atoms with Gasteiger partial charge >= 0.3 is 17.4 Å². The van der Waals surface area contributed by atoms with Crippen molar-refractivity contribution in [3.05, 3.63) is 12.0 Å². The minimum absolute atomic E-state index is 0.0817. The first-order valence-electron chi connectivity index (χ1n) is 9.20. The Hall–Kier alpha value is -2.23. The molecule has 0 aliphatic rings. The van der Waals surface area contributed by atoms with Gasteiger partial charge in [0.25, 0.3) is 0 Å². The highest BCUT2D eigenvalue weighted by Gasteiger charge is 2.26. The molecule has 1 amide bonds. The second kappa shape index (κ2) is 10.00. The van der Waals surface area contributed by atoms with Gasteiger partial charge in [-0.3, -0.25) is 4.79 Å². The molecule has 0 aliphatic carbocycles. The fraction of sp³-hybridized carbons (Fsp3) is 0.684. The molecule has 0 saturated carbocycles. The monoisotopic (exact) mass is 429 g/mol. The summed E-state index contributed by atoms with van der Waals surface area (Å²) in [6, 6.07) is -0.609. The van der Waals surface area contributed by atoms with E-state index in [4.69, 9.17) is 9.47 Å². The van der Waals surface area contributed by atoms with E-state index in [1.165, 1.54) is 7.11 Å². The standard InChI is InChI=1S/C19H31N3O6S/c1-18(2,3)27-16(24)20-12(9-10-14(23)26-8)15-21-13(11-22(15)7)29-17(25)28-19(4,5)6/h11-12H,9-10H2,1-8H3,(H,20,24)/t12-/m0/s1. The molecule has 0 fully saturated rings. The van der Waals surface area contributed by atoms with Crippen LogP contribution in [-0.4, -0.2) is 45.2 Å². The number of hydrogen-bond donors (Lipinski definition) is 1. The van der Waals surface area contributed by atoms with Crippen molar-refractivity contribution < 1.29 is 28.6 Å². The van der Waals surface area contributed by atoms with Gasteiger partial charge < -0.3 is 24.1 Å². The number of carbonyl (C=O) groups excluding carboxylic acids is 3. The summed E-state index contributed by atoms with van der Waals surface area (Å²) < 4.78 is 17.0. The normalized spacial score (nSPS) is 12.8. The first-order chi connectivity index (χ1) is 13.2. The third-order valence-corrected chi connectivity index (χ3v) is 3.99. The molecule has 0 aliphatic heterocycles. The van der Waals surface area contributed by atoms with Crippen LogP contribution in [0.25, 0.3) is 0 Å². The van der Waals surface area contributed by atoms with Gasteiger partial charge in [0, 0.05) is 31.4 Å². The number of nitrogens with zero attached hydrogens (tertiary/aromatic N) is 2. The van der Waals surface area contributed by atoms with Crippen LogP contribution in [0.4, 0.5) is 9.59 Å². The van der Waals surface area contributed by atoms with Crippen molar-refractivity contribution in [3.8, 4) is 0 Å². The van der Waals surface area contributed by atoms with E-state index in [0.29, 0.717) is 10.9 Å². The maximum Gasteiger partial charge on any atom is 0.408 e. The Morgan fingerprint density at radius 3 is 2.24 bits per heavy atom. The highest BCUT2D eigenvalue weighted by atomic mass is 32.2. The van der Waals surface area contributed by atoms with E-state index in [9.17, 15) is 14.4 Å². The zero-order valence-corrected chi connectivity index (χ0v) is 19.1. The summed E-state index contributed by atoms with van der Waals surface area (Å²) in [6.07, 6.45) is 1.37. The largest absolute Gasteiger partial charge is 0.469 e. The molecule has 1 atom stereocenters. The van der Waals surface area contributed by atoms with E-state index in [0.717, 1.165) is 11.8 Å². The van der Waals surface area contributed by atoms with Gasteiger partial charge in [-0.15, -0.1) is 0 Å². The lowest BCUT2D eigenvalue weighted by Gasteiger charge is -2.23. The third-order valence-electron chi connectivity index (χ3n) is 3.34. The van der Waals surface area contributed by atoms with Crippen molar-refractivity contribution in [3.63, 3.8) is 0 Å². The van der Waals surface area contributed by atoms with Gasteiger partial charge in [-0.2, -0.15) is 0 Å². The molecule has 0 saturated heterocycles. The molecule has 9 nitrogen and oxygen atoms in total. The fourth-order valence-corrected chi connectivity index (χ4v) is 3.07. The summed E-state index contributed by atoms with van der Waals surface area (Å²) in [5.74, 6) is 0.0735. The number of imidazole rings is 1. The van der Waals surface area contributed by atoms with Gasteiger partial charge in [0.2, 0.25) is 0 Å². The molecule has 0 radical (unpaired) electrons. The smallest absolute Gasteiger partial charge is 0.408 e. The zero-order valence-electron chi connectivity index (χ0n) is 18.3. The van der Waals surface area contributed by atoms with Crippen molar-refractivity contribution in [2.45, 2.75) is 76.7 Å². The Kier molecular flexibility index (Phi) is 8.55. The predicted molar refractivity (Wildman–Crippen MR) is 109 cm³/mol. The molecule has 1 aromatic heterocycles. The lowest BCUT2D eigenvalue weighted by Crippen LogP contribution is -2.36. The SMILES string of the molecule is COC(=O)CC[C@H](NC(=O)OC(C)(C)C)c1nc(SC(=O)OC(C)(C)C)cn1C. The molecule has 0 unspecified atom stereocenters. The second-order valence-corrected chi connectivity index (χ2v) is 9.38. The molecule has 164 valence electrons. The molecular formula is C19H31N3O6S. The number of alkyl carbamates (subject to hydrolysis) is 1. The van der Waals surface area contributed by atoms with Gasteiger partial charge in [-0.05, 0) is 48.0 Å². The lowest BCUT2D eigenvalue weighted by atomic mass is 10.1. The maximum atomic E-state index is 12.2. The molecular weight excluding hydrogens is 398 g/mol.